The lowest BCUT2D eigenvalue weighted by atomic mass is 9.95. The van der Waals surface area contributed by atoms with Crippen molar-refractivity contribution in [3.8, 4) is 28.9 Å². The highest BCUT2D eigenvalue weighted by Gasteiger charge is 2.51. The van der Waals surface area contributed by atoms with Crippen molar-refractivity contribution in [1.82, 2.24) is 19.9 Å². The maximum absolute atomic E-state index is 17.4. The fourth-order valence-electron chi connectivity index (χ4n) is 9.78. The number of fused-ring (bicyclic) bond motifs is 1. The van der Waals surface area contributed by atoms with Gasteiger partial charge in [0.25, 0.3) is 8.32 Å². The first-order chi connectivity index (χ1) is 27.9. The van der Waals surface area contributed by atoms with Crippen LogP contribution >= 0.6 is 11.6 Å². The molecule has 58 heavy (non-hydrogen) atoms. The predicted octanol–water partition coefficient (Wildman–Crippen LogP) is 8.19. The van der Waals surface area contributed by atoms with E-state index in [9.17, 15) is 9.50 Å². The van der Waals surface area contributed by atoms with E-state index in [2.05, 4.69) is 79.1 Å². The maximum Gasteiger partial charge on any atom is 0.319 e. The molecule has 4 aliphatic rings. The molecule has 3 fully saturated rings. The van der Waals surface area contributed by atoms with Gasteiger partial charge < -0.3 is 23.9 Å². The monoisotopic (exact) mass is 825 g/mol. The van der Waals surface area contributed by atoms with Crippen molar-refractivity contribution >= 4 is 47.0 Å². The lowest BCUT2D eigenvalue weighted by molar-refractivity contribution is 0.107. The zero-order valence-corrected chi connectivity index (χ0v) is 35.2. The van der Waals surface area contributed by atoms with Gasteiger partial charge in [-0.3, -0.25) is 4.90 Å². The number of alkyl halides is 1. The Hall–Kier alpha value is -4.36. The standard InChI is InChI=1S/C45H50ClF2N5O4Si/c1-28-26-55-42-37-40(38(48)39(49-42)34-22-31(54)23-35(46)36(34)29-16-17-29)50-43(56-27-45-18-11-19-52(45)25-30(47)24-45)51-41(37)53(28)20-21-57-58(44(2,3)4,32-12-7-5-8-13-32)33-14-9-6-10-15-33/h5-10,12-15,22-23,28-30,54H,11,16-21,24-27H2,1-4H3/t28-,30+,45-/m0/s1. The van der Waals surface area contributed by atoms with Gasteiger partial charge in [0.2, 0.25) is 5.88 Å². The predicted molar refractivity (Wildman–Crippen MR) is 226 cm³/mol. The summed E-state index contributed by atoms with van der Waals surface area (Å²) in [7, 11) is -2.89. The number of phenolic OH excluding ortho intramolecular Hbond substituents is 1. The van der Waals surface area contributed by atoms with Gasteiger partial charge in [0, 0.05) is 30.1 Å². The Balaban J connectivity index is 1.15. The van der Waals surface area contributed by atoms with Gasteiger partial charge in [-0.05, 0) is 78.2 Å². The molecule has 1 aliphatic carbocycles. The van der Waals surface area contributed by atoms with Crippen molar-refractivity contribution in [1.29, 1.82) is 0 Å². The third-order valence-corrected chi connectivity index (χ3v) is 18.0. The van der Waals surface area contributed by atoms with Crippen LogP contribution in [0.15, 0.2) is 72.8 Å². The summed E-state index contributed by atoms with van der Waals surface area (Å²) < 4.78 is 52.4. The van der Waals surface area contributed by atoms with Crippen LogP contribution in [0.3, 0.4) is 0 Å². The fraction of sp³-hybridized carbons (Fsp3) is 0.444. The van der Waals surface area contributed by atoms with Crippen LogP contribution in [0.4, 0.5) is 14.6 Å². The smallest absolute Gasteiger partial charge is 0.319 e. The molecule has 9 nitrogen and oxygen atoms in total. The number of aromatic nitrogens is 3. The van der Waals surface area contributed by atoms with Gasteiger partial charge in [-0.2, -0.15) is 9.97 Å². The van der Waals surface area contributed by atoms with E-state index in [0.29, 0.717) is 47.9 Å². The molecule has 0 radical (unpaired) electrons. The summed E-state index contributed by atoms with van der Waals surface area (Å²) in [5.74, 6) is -0.0363. The molecule has 3 atom stereocenters. The average molecular weight is 826 g/mol. The van der Waals surface area contributed by atoms with Crippen LogP contribution in [0.1, 0.15) is 71.3 Å². The molecule has 0 spiro atoms. The van der Waals surface area contributed by atoms with Gasteiger partial charge in [-0.25, -0.2) is 13.8 Å². The van der Waals surface area contributed by atoms with Crippen molar-refractivity contribution in [2.45, 2.75) is 88.5 Å². The van der Waals surface area contributed by atoms with Crippen LogP contribution in [-0.4, -0.2) is 90.5 Å². The molecule has 2 saturated heterocycles. The van der Waals surface area contributed by atoms with E-state index in [-0.39, 0.29) is 59.1 Å². The second-order valence-electron chi connectivity index (χ2n) is 17.5. The van der Waals surface area contributed by atoms with Gasteiger partial charge in [0.15, 0.2) is 5.82 Å². The molecule has 13 heteroatoms. The summed E-state index contributed by atoms with van der Waals surface area (Å²) in [4.78, 5) is 18.8. The number of pyridine rings is 1. The first-order valence-electron chi connectivity index (χ1n) is 20.5. The summed E-state index contributed by atoms with van der Waals surface area (Å²) in [6, 6.07) is 23.8. The van der Waals surface area contributed by atoms with Crippen LogP contribution in [0, 0.1) is 5.82 Å². The van der Waals surface area contributed by atoms with Gasteiger partial charge in [-0.15, -0.1) is 0 Å². The number of halogens is 3. The molecule has 1 saturated carbocycles. The number of phenols is 1. The van der Waals surface area contributed by atoms with Crippen LogP contribution in [0.2, 0.25) is 10.1 Å². The molecule has 5 heterocycles. The van der Waals surface area contributed by atoms with Crippen LogP contribution in [-0.2, 0) is 4.43 Å². The molecule has 0 bridgehead atoms. The lowest BCUT2D eigenvalue weighted by Gasteiger charge is -2.43. The number of ether oxygens (including phenoxy) is 2. The van der Waals surface area contributed by atoms with E-state index in [0.717, 1.165) is 37.8 Å². The Labute approximate surface area is 344 Å². The Kier molecular flexibility index (Phi) is 10.1. The maximum atomic E-state index is 17.4. The van der Waals surface area contributed by atoms with Gasteiger partial charge in [0.1, 0.15) is 47.5 Å². The van der Waals surface area contributed by atoms with Gasteiger partial charge >= 0.3 is 6.01 Å². The molecule has 0 amide bonds. The quantitative estimate of drug-likeness (QED) is 0.133. The van der Waals surface area contributed by atoms with Crippen molar-refractivity contribution in [2.24, 2.45) is 0 Å². The summed E-state index contributed by atoms with van der Waals surface area (Å²) >= 11 is 6.70. The Bertz CT molecular complexity index is 2290. The number of hydrogen-bond acceptors (Lipinski definition) is 9. The number of nitrogens with zero attached hydrogens (tertiary/aromatic N) is 5. The number of benzene rings is 3. The second kappa shape index (κ2) is 15.0. The third kappa shape index (κ3) is 6.79. The Morgan fingerprint density at radius 1 is 1.02 bits per heavy atom. The van der Waals surface area contributed by atoms with E-state index in [4.69, 9.17) is 40.5 Å². The van der Waals surface area contributed by atoms with Crippen molar-refractivity contribution < 1.29 is 27.8 Å². The molecule has 0 unspecified atom stereocenters. The van der Waals surface area contributed by atoms with Crippen molar-refractivity contribution in [2.75, 3.05) is 44.4 Å². The highest BCUT2D eigenvalue weighted by atomic mass is 35.5. The molecular formula is C45H50ClF2N5O4Si. The zero-order valence-electron chi connectivity index (χ0n) is 33.5. The fourth-order valence-corrected chi connectivity index (χ4v) is 14.7. The van der Waals surface area contributed by atoms with Gasteiger partial charge in [-0.1, -0.05) is 93.0 Å². The molecular weight excluding hydrogens is 776 g/mol. The average Bonchev–Trinajstić information content (AvgIpc) is 3.91. The first-order valence-corrected chi connectivity index (χ1v) is 22.8. The second-order valence-corrected chi connectivity index (χ2v) is 22.2. The molecule has 3 aliphatic heterocycles. The highest BCUT2D eigenvalue weighted by Crippen LogP contribution is 2.50. The number of aromatic hydroxyl groups is 1. The molecule has 2 aromatic heterocycles. The van der Waals surface area contributed by atoms with E-state index >= 15 is 4.39 Å². The summed E-state index contributed by atoms with van der Waals surface area (Å²) in [6.07, 6.45) is 3.01. The SMILES string of the molecule is C[C@H]1COc2nc(-c3cc(O)cc(Cl)c3C3CC3)c(F)c3nc(OC[C@@]45CCCN4C[C@H](F)C5)nc(c23)N1CCO[Si](c1ccccc1)(c1ccccc1)C(C)(C)C. The third-order valence-electron chi connectivity index (χ3n) is 12.6. The minimum atomic E-state index is -2.89. The minimum Gasteiger partial charge on any atom is -0.508 e. The van der Waals surface area contributed by atoms with Crippen molar-refractivity contribution in [3.05, 3.63) is 89.2 Å². The Morgan fingerprint density at radius 3 is 2.40 bits per heavy atom. The van der Waals surface area contributed by atoms with E-state index in [1.54, 1.807) is 0 Å². The molecule has 1 N–H and O–H groups in total. The molecule has 3 aromatic carbocycles. The number of anilines is 1. The minimum absolute atomic E-state index is 0.00334. The zero-order chi connectivity index (χ0) is 40.4. The molecule has 304 valence electrons. The van der Waals surface area contributed by atoms with Crippen molar-refractivity contribution in [3.63, 3.8) is 0 Å². The highest BCUT2D eigenvalue weighted by molar-refractivity contribution is 6.99. The number of hydrogen-bond donors (Lipinski definition) is 1. The van der Waals surface area contributed by atoms with E-state index in [1.807, 2.05) is 19.1 Å². The van der Waals surface area contributed by atoms with Gasteiger partial charge in [0.05, 0.1) is 18.2 Å². The van der Waals surface area contributed by atoms with Crippen LogP contribution in [0.25, 0.3) is 22.2 Å². The summed E-state index contributed by atoms with van der Waals surface area (Å²) in [5.41, 5.74) is 0.669. The normalized spacial score (nSPS) is 22.2. The molecule has 9 rings (SSSR count). The summed E-state index contributed by atoms with van der Waals surface area (Å²) in [5, 5.41) is 13.5. The first kappa shape index (κ1) is 39.1. The molecule has 5 aromatic rings. The van der Waals surface area contributed by atoms with E-state index in [1.165, 1.54) is 22.5 Å². The number of rotatable bonds is 11. The largest absolute Gasteiger partial charge is 0.508 e. The summed E-state index contributed by atoms with van der Waals surface area (Å²) in [6.45, 7) is 11.1. The van der Waals surface area contributed by atoms with E-state index < -0.39 is 25.8 Å². The van der Waals surface area contributed by atoms with Crippen LogP contribution in [0.5, 0.6) is 17.6 Å². The van der Waals surface area contributed by atoms with Crippen LogP contribution < -0.4 is 24.7 Å². The topological polar surface area (TPSA) is 93.1 Å². The Morgan fingerprint density at radius 2 is 1.72 bits per heavy atom. The lowest BCUT2D eigenvalue weighted by Crippen LogP contribution is -2.67.